The van der Waals surface area contributed by atoms with Crippen molar-refractivity contribution in [2.24, 2.45) is 0 Å². The van der Waals surface area contributed by atoms with E-state index in [9.17, 15) is 0 Å². The lowest BCUT2D eigenvalue weighted by Crippen LogP contribution is -1.60. The SMILES string of the molecule is N#CCBr.N#CCCCl.N#CCCl. The normalized spacial score (nSPS) is 5.54. The van der Waals surface area contributed by atoms with E-state index in [1.54, 1.807) is 6.07 Å². The van der Waals surface area contributed by atoms with Gasteiger partial charge in [0.15, 0.2) is 0 Å². The van der Waals surface area contributed by atoms with Crippen molar-refractivity contribution in [3.05, 3.63) is 0 Å². The zero-order valence-corrected chi connectivity index (χ0v) is 9.90. The molecule has 0 radical (unpaired) electrons. The van der Waals surface area contributed by atoms with Gasteiger partial charge in [0.05, 0.1) is 23.5 Å². The fraction of sp³-hybridized carbons (Fsp3) is 0.571. The minimum atomic E-state index is 0.0972. The Balaban J connectivity index is -0.000000117. The lowest BCUT2D eigenvalue weighted by Gasteiger charge is -1.63. The second-order valence-corrected chi connectivity index (χ2v) is 2.39. The summed E-state index contributed by atoms with van der Waals surface area (Å²) >= 11 is 12.8. The van der Waals surface area contributed by atoms with Crippen molar-refractivity contribution in [3.8, 4) is 18.2 Å². The van der Waals surface area contributed by atoms with Crippen LogP contribution >= 0.6 is 39.1 Å². The summed E-state index contributed by atoms with van der Waals surface area (Å²) < 4.78 is 0. The van der Waals surface area contributed by atoms with E-state index in [0.717, 1.165) is 0 Å². The average molecular weight is 285 g/mol. The van der Waals surface area contributed by atoms with E-state index in [-0.39, 0.29) is 5.88 Å². The topological polar surface area (TPSA) is 71.4 Å². The molecule has 0 atom stereocenters. The number of nitriles is 3. The van der Waals surface area contributed by atoms with Crippen molar-refractivity contribution in [1.29, 1.82) is 15.8 Å². The Bertz CT molecular complexity index is 175. The lowest BCUT2D eigenvalue weighted by atomic mass is 10.6. The first-order valence-electron chi connectivity index (χ1n) is 3.03. The van der Waals surface area contributed by atoms with Crippen molar-refractivity contribution >= 4 is 39.1 Å². The van der Waals surface area contributed by atoms with Gasteiger partial charge >= 0.3 is 0 Å². The molecule has 0 aromatic heterocycles. The van der Waals surface area contributed by atoms with Gasteiger partial charge in [-0.2, -0.15) is 15.8 Å². The van der Waals surface area contributed by atoms with Crippen LogP contribution in [0.15, 0.2) is 0 Å². The monoisotopic (exact) mass is 283 g/mol. The molecule has 0 N–H and O–H groups in total. The molecule has 0 amide bonds. The molecule has 0 saturated carbocycles. The van der Waals surface area contributed by atoms with E-state index in [4.69, 9.17) is 39.0 Å². The van der Waals surface area contributed by atoms with Crippen LogP contribution in [0.3, 0.4) is 0 Å². The Morgan fingerprint density at radius 3 is 1.38 bits per heavy atom. The summed E-state index contributed by atoms with van der Waals surface area (Å²) in [5.74, 6) is 0.552. The number of hydrogen-bond acceptors (Lipinski definition) is 3. The maximum absolute atomic E-state index is 7.73. The van der Waals surface area contributed by atoms with E-state index in [1.807, 2.05) is 12.1 Å². The molecule has 0 heterocycles. The van der Waals surface area contributed by atoms with Gasteiger partial charge in [-0.15, -0.1) is 23.2 Å². The van der Waals surface area contributed by atoms with Crippen molar-refractivity contribution in [3.63, 3.8) is 0 Å². The zero-order chi connectivity index (χ0) is 10.9. The Kier molecular flexibility index (Phi) is 42.3. The van der Waals surface area contributed by atoms with Crippen molar-refractivity contribution in [2.75, 3.05) is 17.1 Å². The van der Waals surface area contributed by atoms with Crippen LogP contribution < -0.4 is 0 Å². The molecule has 0 saturated heterocycles. The van der Waals surface area contributed by atoms with Gasteiger partial charge in [0.25, 0.3) is 0 Å². The highest BCUT2D eigenvalue weighted by Gasteiger charge is 1.67. The molecule has 3 nitrogen and oxygen atoms in total. The van der Waals surface area contributed by atoms with E-state index in [1.165, 1.54) is 0 Å². The van der Waals surface area contributed by atoms with Gasteiger partial charge in [0.1, 0.15) is 5.88 Å². The highest BCUT2D eigenvalue weighted by Crippen LogP contribution is 1.76. The van der Waals surface area contributed by atoms with Crippen LogP contribution in [0.4, 0.5) is 0 Å². The van der Waals surface area contributed by atoms with Gasteiger partial charge in [-0.1, -0.05) is 15.9 Å². The van der Waals surface area contributed by atoms with E-state index < -0.39 is 0 Å². The van der Waals surface area contributed by atoms with Crippen LogP contribution in [-0.2, 0) is 0 Å². The third kappa shape index (κ3) is 84.0. The summed E-state index contributed by atoms with van der Waals surface area (Å²) in [4.78, 5) is 0. The lowest BCUT2D eigenvalue weighted by molar-refractivity contribution is 1.23. The fourth-order valence-electron chi connectivity index (χ4n) is 0.0423. The summed E-state index contributed by atoms with van der Waals surface area (Å²) in [7, 11) is 0. The van der Waals surface area contributed by atoms with Crippen LogP contribution in [0.25, 0.3) is 0 Å². The second kappa shape index (κ2) is 30.0. The summed E-state index contributed by atoms with van der Waals surface area (Å²) in [6, 6.07) is 5.43. The molecule has 13 heavy (non-hydrogen) atoms. The van der Waals surface area contributed by atoms with Gasteiger partial charge in [-0.25, -0.2) is 0 Å². The largest absolute Gasteiger partial charge is 0.198 e. The molecule has 0 aromatic carbocycles. The Labute approximate surface area is 96.6 Å². The molecular weight excluding hydrogens is 277 g/mol. The first kappa shape index (κ1) is 18.3. The van der Waals surface area contributed by atoms with Crippen molar-refractivity contribution < 1.29 is 0 Å². The van der Waals surface area contributed by atoms with Gasteiger partial charge in [0.2, 0.25) is 0 Å². The first-order valence-corrected chi connectivity index (χ1v) is 5.22. The maximum Gasteiger partial charge on any atom is 0.109 e. The van der Waals surface area contributed by atoms with E-state index >= 15 is 0 Å². The first-order chi connectivity index (χ1) is 6.24. The number of rotatable bonds is 1. The highest BCUT2D eigenvalue weighted by atomic mass is 79.9. The van der Waals surface area contributed by atoms with Gasteiger partial charge in [-0.05, 0) is 0 Å². The van der Waals surface area contributed by atoms with Gasteiger partial charge in [-0.3, -0.25) is 0 Å². The van der Waals surface area contributed by atoms with E-state index in [0.29, 0.717) is 17.6 Å². The molecular formula is C7H8BrCl2N3. The molecule has 0 unspecified atom stereocenters. The van der Waals surface area contributed by atoms with Crippen LogP contribution in [-0.4, -0.2) is 17.1 Å². The number of halogens is 3. The average Bonchev–Trinajstić information content (AvgIpc) is 2.20. The molecule has 0 aliphatic rings. The smallest absolute Gasteiger partial charge is 0.109 e. The van der Waals surface area contributed by atoms with Crippen LogP contribution in [0, 0.1) is 34.0 Å². The molecule has 0 fully saturated rings. The molecule has 0 spiro atoms. The minimum Gasteiger partial charge on any atom is -0.198 e. The number of alkyl halides is 3. The molecule has 0 aliphatic heterocycles. The second-order valence-electron chi connectivity index (χ2n) is 1.18. The maximum atomic E-state index is 7.73. The Hall–Kier alpha value is -0.470. The third-order valence-electron chi connectivity index (χ3n) is 0.326. The van der Waals surface area contributed by atoms with Crippen molar-refractivity contribution in [1.82, 2.24) is 0 Å². The zero-order valence-electron chi connectivity index (χ0n) is 6.80. The summed E-state index contributed by atoms with van der Waals surface area (Å²) in [6.45, 7) is 0. The predicted molar refractivity (Wildman–Crippen MR) is 56.7 cm³/mol. The van der Waals surface area contributed by atoms with Crippen LogP contribution in [0.5, 0.6) is 0 Å². The molecule has 0 aromatic rings. The molecule has 72 valence electrons. The molecule has 0 aliphatic carbocycles. The third-order valence-corrected chi connectivity index (χ3v) is 0.885. The standard InChI is InChI=1S/C3H4ClN.C2H2BrN.C2H2ClN/c4-2-1-3-5;2*3-1-2-4/h1-2H2;2*1H2. The molecule has 6 heteroatoms. The van der Waals surface area contributed by atoms with Gasteiger partial charge < -0.3 is 0 Å². The van der Waals surface area contributed by atoms with Crippen molar-refractivity contribution in [2.45, 2.75) is 6.42 Å². The van der Waals surface area contributed by atoms with Gasteiger partial charge in [0, 0.05) is 12.3 Å². The summed E-state index contributed by atoms with van der Waals surface area (Å²) in [5, 5.41) is 23.2. The summed E-state index contributed by atoms with van der Waals surface area (Å²) in [5.41, 5.74) is 0. The Morgan fingerprint density at radius 2 is 1.38 bits per heavy atom. The predicted octanol–water partition coefficient (Wildman–Crippen LogP) is 2.79. The molecule has 0 rings (SSSR count). The molecule has 0 bridgehead atoms. The summed E-state index contributed by atoms with van der Waals surface area (Å²) in [6.07, 6.45) is 0.460. The van der Waals surface area contributed by atoms with Crippen LogP contribution in [0.1, 0.15) is 6.42 Å². The quantitative estimate of drug-likeness (QED) is 0.695. The Morgan fingerprint density at radius 1 is 1.00 bits per heavy atom. The van der Waals surface area contributed by atoms with E-state index in [2.05, 4.69) is 15.9 Å². The highest BCUT2D eigenvalue weighted by molar-refractivity contribution is 9.09. The van der Waals surface area contributed by atoms with Crippen LogP contribution in [0.2, 0.25) is 0 Å². The fourth-order valence-corrected chi connectivity index (χ4v) is 0.127. The number of nitrogens with zero attached hydrogens (tertiary/aromatic N) is 3. The number of hydrogen-bond donors (Lipinski definition) is 0. The minimum absolute atomic E-state index is 0.0972.